The fourth-order valence-corrected chi connectivity index (χ4v) is 2.83. The first-order chi connectivity index (χ1) is 8.65. The van der Waals surface area contributed by atoms with Gasteiger partial charge in [0.25, 0.3) is 0 Å². The molecule has 2 N–H and O–H groups in total. The number of hydrogen-bond donors (Lipinski definition) is 2. The molecule has 2 rings (SSSR count). The van der Waals surface area contributed by atoms with Crippen molar-refractivity contribution in [2.45, 2.75) is 18.6 Å². The molecule has 4 nitrogen and oxygen atoms in total. The summed E-state index contributed by atoms with van der Waals surface area (Å²) in [5, 5.41) is 5.33. The molecule has 0 radical (unpaired) electrons. The van der Waals surface area contributed by atoms with Gasteiger partial charge < -0.3 is 10.6 Å². The second kappa shape index (κ2) is 5.91. The number of amides is 2. The van der Waals surface area contributed by atoms with E-state index in [0.29, 0.717) is 6.54 Å². The number of anilines is 1. The topological polar surface area (TPSA) is 58.2 Å². The third-order valence-corrected chi connectivity index (χ3v) is 3.91. The van der Waals surface area contributed by atoms with Gasteiger partial charge in [0.15, 0.2) is 0 Å². The van der Waals surface area contributed by atoms with E-state index in [-0.39, 0.29) is 23.5 Å². The lowest BCUT2D eigenvalue weighted by atomic mass is 10.2. The maximum Gasteiger partial charge on any atom is 0.233 e. The molecule has 1 fully saturated rings. The average molecular weight is 264 g/mol. The number of hydrogen-bond acceptors (Lipinski definition) is 3. The van der Waals surface area contributed by atoms with Crippen LogP contribution in [-0.4, -0.2) is 29.4 Å². The van der Waals surface area contributed by atoms with Crippen molar-refractivity contribution in [3.63, 3.8) is 0 Å². The first-order valence-corrected chi connectivity index (χ1v) is 6.96. The summed E-state index contributed by atoms with van der Waals surface area (Å²) in [5.74, 6) is 0.717. The van der Waals surface area contributed by atoms with Gasteiger partial charge in [0, 0.05) is 24.4 Å². The minimum absolute atomic E-state index is 0.0364. The van der Waals surface area contributed by atoms with Crippen molar-refractivity contribution in [3.05, 3.63) is 29.8 Å². The van der Waals surface area contributed by atoms with Crippen molar-refractivity contribution in [1.82, 2.24) is 5.32 Å². The van der Waals surface area contributed by atoms with Gasteiger partial charge in [-0.3, -0.25) is 9.59 Å². The molecule has 1 aromatic rings. The quantitative estimate of drug-likeness (QED) is 0.871. The van der Waals surface area contributed by atoms with E-state index in [1.807, 2.05) is 31.2 Å². The molecule has 2 amide bonds. The summed E-state index contributed by atoms with van der Waals surface area (Å²) in [6.07, 6.45) is 0.227. The summed E-state index contributed by atoms with van der Waals surface area (Å²) in [6, 6.07) is 7.62. The number of benzene rings is 1. The van der Waals surface area contributed by atoms with Crippen molar-refractivity contribution >= 4 is 29.3 Å². The fraction of sp³-hybridized carbons (Fsp3) is 0.385. The molecule has 18 heavy (non-hydrogen) atoms. The predicted molar refractivity (Wildman–Crippen MR) is 73.7 cm³/mol. The van der Waals surface area contributed by atoms with E-state index in [4.69, 9.17) is 0 Å². The molecule has 5 heteroatoms. The van der Waals surface area contributed by atoms with Crippen LogP contribution in [0.25, 0.3) is 0 Å². The van der Waals surface area contributed by atoms with E-state index >= 15 is 0 Å². The summed E-state index contributed by atoms with van der Waals surface area (Å²) in [5.41, 5.74) is 1.87. The molecule has 1 heterocycles. The van der Waals surface area contributed by atoms with Gasteiger partial charge in [-0.15, -0.1) is 11.8 Å². The van der Waals surface area contributed by atoms with Crippen LogP contribution in [0.2, 0.25) is 0 Å². The van der Waals surface area contributed by atoms with E-state index in [1.54, 1.807) is 11.8 Å². The number of thioether (sulfide) groups is 1. The van der Waals surface area contributed by atoms with Crippen molar-refractivity contribution in [2.75, 3.05) is 17.6 Å². The Morgan fingerprint density at radius 3 is 3.11 bits per heavy atom. The number of aryl methyl sites for hydroxylation is 1. The molecule has 1 saturated heterocycles. The van der Waals surface area contributed by atoms with Crippen LogP contribution in [0.5, 0.6) is 0 Å². The fourth-order valence-electron chi connectivity index (χ4n) is 1.82. The Bertz CT molecular complexity index is 462. The third kappa shape index (κ3) is 3.50. The Labute approximate surface area is 111 Å². The second-order valence-corrected chi connectivity index (χ2v) is 5.58. The highest BCUT2D eigenvalue weighted by Crippen LogP contribution is 2.19. The zero-order valence-corrected chi connectivity index (χ0v) is 11.0. The molecule has 0 unspecified atom stereocenters. The summed E-state index contributed by atoms with van der Waals surface area (Å²) in [6.45, 7) is 2.67. The van der Waals surface area contributed by atoms with E-state index in [9.17, 15) is 9.59 Å². The molecule has 1 aliphatic heterocycles. The van der Waals surface area contributed by atoms with Crippen LogP contribution in [-0.2, 0) is 9.59 Å². The molecule has 0 aromatic heterocycles. The summed E-state index contributed by atoms with van der Waals surface area (Å²) >= 11 is 1.54. The Morgan fingerprint density at radius 2 is 2.39 bits per heavy atom. The molecule has 1 atom stereocenters. The molecule has 1 aliphatic rings. The first-order valence-electron chi connectivity index (χ1n) is 5.91. The Kier molecular flexibility index (Phi) is 4.25. The molecule has 1 aromatic carbocycles. The maximum absolute atomic E-state index is 11.8. The number of carbonyl (C=O) groups excluding carboxylic acids is 2. The van der Waals surface area contributed by atoms with Gasteiger partial charge in [0.2, 0.25) is 11.8 Å². The van der Waals surface area contributed by atoms with Crippen molar-refractivity contribution in [2.24, 2.45) is 0 Å². The second-order valence-electron chi connectivity index (χ2n) is 4.27. The Morgan fingerprint density at radius 1 is 1.56 bits per heavy atom. The smallest absolute Gasteiger partial charge is 0.233 e. The van der Waals surface area contributed by atoms with Gasteiger partial charge in [-0.25, -0.2) is 0 Å². The molecule has 0 saturated carbocycles. The molecule has 0 bridgehead atoms. The van der Waals surface area contributed by atoms with E-state index in [1.165, 1.54) is 0 Å². The van der Waals surface area contributed by atoms with Crippen LogP contribution in [0.3, 0.4) is 0 Å². The standard InChI is InChI=1S/C13H16N2O2S/c1-9-3-2-4-10(7-9)15-12(16)8-11-13(17)14-5-6-18-11/h2-4,7,11H,5-6,8H2,1H3,(H,14,17)(H,15,16)/t11-/m1/s1. The molecule has 0 aliphatic carbocycles. The van der Waals surface area contributed by atoms with Crippen molar-refractivity contribution in [1.29, 1.82) is 0 Å². The minimum Gasteiger partial charge on any atom is -0.354 e. The zero-order valence-electron chi connectivity index (χ0n) is 10.2. The summed E-state index contributed by atoms with van der Waals surface area (Å²) in [7, 11) is 0. The number of carbonyl (C=O) groups is 2. The normalized spacial score (nSPS) is 19.2. The van der Waals surface area contributed by atoms with Crippen LogP contribution in [0.1, 0.15) is 12.0 Å². The highest BCUT2D eigenvalue weighted by molar-refractivity contribution is 8.00. The van der Waals surface area contributed by atoms with Gasteiger partial charge in [-0.1, -0.05) is 12.1 Å². The van der Waals surface area contributed by atoms with Gasteiger partial charge in [-0.2, -0.15) is 0 Å². The van der Waals surface area contributed by atoms with Crippen LogP contribution >= 0.6 is 11.8 Å². The lowest BCUT2D eigenvalue weighted by Crippen LogP contribution is -2.40. The van der Waals surface area contributed by atoms with Gasteiger partial charge in [0.05, 0.1) is 5.25 Å². The Hall–Kier alpha value is -1.49. The lowest BCUT2D eigenvalue weighted by Gasteiger charge is -2.20. The third-order valence-electron chi connectivity index (χ3n) is 2.69. The Balaban J connectivity index is 1.90. The highest BCUT2D eigenvalue weighted by atomic mass is 32.2. The highest BCUT2D eigenvalue weighted by Gasteiger charge is 2.25. The largest absolute Gasteiger partial charge is 0.354 e. The SMILES string of the molecule is Cc1cccc(NC(=O)C[C@H]2SCCNC2=O)c1. The first kappa shape index (κ1) is 13.0. The van der Waals surface area contributed by atoms with Gasteiger partial charge >= 0.3 is 0 Å². The summed E-state index contributed by atoms with van der Waals surface area (Å²) in [4.78, 5) is 23.4. The predicted octanol–water partition coefficient (Wildman–Crippen LogP) is 1.56. The monoisotopic (exact) mass is 264 g/mol. The van der Waals surface area contributed by atoms with Crippen molar-refractivity contribution < 1.29 is 9.59 Å². The maximum atomic E-state index is 11.8. The molecular formula is C13H16N2O2S. The molecule has 96 valence electrons. The van der Waals surface area contributed by atoms with E-state index in [0.717, 1.165) is 17.0 Å². The van der Waals surface area contributed by atoms with E-state index in [2.05, 4.69) is 10.6 Å². The molecule has 0 spiro atoms. The summed E-state index contributed by atoms with van der Waals surface area (Å²) < 4.78 is 0. The zero-order chi connectivity index (χ0) is 13.0. The lowest BCUT2D eigenvalue weighted by molar-refractivity contribution is -0.123. The minimum atomic E-state index is -0.261. The molecular weight excluding hydrogens is 248 g/mol. The van der Waals surface area contributed by atoms with Crippen molar-refractivity contribution in [3.8, 4) is 0 Å². The average Bonchev–Trinajstić information content (AvgIpc) is 2.32. The van der Waals surface area contributed by atoms with Crippen LogP contribution < -0.4 is 10.6 Å². The van der Waals surface area contributed by atoms with Crippen LogP contribution in [0, 0.1) is 6.92 Å². The number of nitrogens with one attached hydrogen (secondary N) is 2. The van der Waals surface area contributed by atoms with E-state index < -0.39 is 0 Å². The van der Waals surface area contributed by atoms with Gasteiger partial charge in [-0.05, 0) is 24.6 Å². The van der Waals surface area contributed by atoms with Crippen LogP contribution in [0.4, 0.5) is 5.69 Å². The number of rotatable bonds is 3. The van der Waals surface area contributed by atoms with Crippen LogP contribution in [0.15, 0.2) is 24.3 Å². The van der Waals surface area contributed by atoms with Gasteiger partial charge in [0.1, 0.15) is 0 Å².